The first-order chi connectivity index (χ1) is 15.3. The topological polar surface area (TPSA) is 159 Å². The number of urea groups is 1. The van der Waals surface area contributed by atoms with Gasteiger partial charge < -0.3 is 0 Å². The Morgan fingerprint density at radius 1 is 0.818 bits per heavy atom. The fourth-order valence-corrected chi connectivity index (χ4v) is 2.60. The lowest BCUT2D eigenvalue weighted by molar-refractivity contribution is -0.134. The van der Waals surface area contributed by atoms with Gasteiger partial charge in [0.25, 0.3) is 23.6 Å². The minimum absolute atomic E-state index is 0.0300. The molecule has 0 atom stereocenters. The maximum absolute atomic E-state index is 11.1. The van der Waals surface area contributed by atoms with E-state index in [0.29, 0.717) is 0 Å². The molecule has 0 radical (unpaired) electrons. The van der Waals surface area contributed by atoms with Crippen LogP contribution < -0.4 is 15.9 Å². The fraction of sp³-hybridized carbons (Fsp3) is 0.211. The number of nitrogens with one attached hydrogen (secondary N) is 2. The molecule has 0 aromatic carbocycles. The van der Waals surface area contributed by atoms with Crippen LogP contribution in [0, 0.1) is 13.8 Å². The molecule has 2 aromatic heterocycles. The van der Waals surface area contributed by atoms with Gasteiger partial charge in [0.1, 0.15) is 5.82 Å². The van der Waals surface area contributed by atoms with Crippen molar-refractivity contribution in [1.29, 1.82) is 0 Å². The van der Waals surface area contributed by atoms with Crippen LogP contribution in [0.3, 0.4) is 0 Å². The van der Waals surface area contributed by atoms with Gasteiger partial charge in [-0.3, -0.25) is 39.6 Å². The molecule has 2 fully saturated rings. The fourth-order valence-electron chi connectivity index (χ4n) is 2.41. The van der Waals surface area contributed by atoms with E-state index < -0.39 is 29.7 Å². The summed E-state index contributed by atoms with van der Waals surface area (Å²) in [4.78, 5) is 60.3. The molecule has 0 aliphatic carbocycles. The summed E-state index contributed by atoms with van der Waals surface area (Å²) in [6, 6.07) is -0.627. The quantitative estimate of drug-likeness (QED) is 0.265. The molecule has 2 aliphatic heterocycles. The number of likely N-dealkylation sites (N-methyl/N-ethyl adjacent to an activating group) is 2. The highest BCUT2D eigenvalue weighted by Crippen LogP contribution is 2.11. The van der Waals surface area contributed by atoms with Crippen LogP contribution in [0.5, 0.6) is 0 Å². The highest BCUT2D eigenvalue weighted by molar-refractivity contribution is 7.80. The first-order valence-electron chi connectivity index (χ1n) is 9.09. The van der Waals surface area contributed by atoms with Gasteiger partial charge >= 0.3 is 6.03 Å². The highest BCUT2D eigenvalue weighted by Gasteiger charge is 2.36. The molecule has 6 amide bonds. The summed E-state index contributed by atoms with van der Waals surface area (Å²) in [5.74, 6) is -1.61. The van der Waals surface area contributed by atoms with Crippen LogP contribution in [0.25, 0.3) is 12.2 Å². The van der Waals surface area contributed by atoms with Crippen molar-refractivity contribution in [1.82, 2.24) is 40.2 Å². The number of rotatable bonds is 0. The lowest BCUT2D eigenvalue weighted by Gasteiger charge is -2.28. The number of hydrogen-bond acceptors (Lipinski definition) is 9. The Hall–Kier alpha value is -4.33. The summed E-state index contributed by atoms with van der Waals surface area (Å²) >= 11 is 4.51. The minimum atomic E-state index is -0.636. The van der Waals surface area contributed by atoms with Crippen molar-refractivity contribution >= 4 is 59.2 Å². The van der Waals surface area contributed by atoms with Gasteiger partial charge in [0.15, 0.2) is 10.8 Å². The summed E-state index contributed by atoms with van der Waals surface area (Å²) in [6.45, 7) is 14.1. The molecule has 0 unspecified atom stereocenters. The molecule has 0 bridgehead atoms. The van der Waals surface area contributed by atoms with Crippen molar-refractivity contribution in [2.45, 2.75) is 13.8 Å². The van der Waals surface area contributed by atoms with Gasteiger partial charge in [0.2, 0.25) is 0 Å². The Morgan fingerprint density at radius 3 is 1.76 bits per heavy atom. The van der Waals surface area contributed by atoms with E-state index in [-0.39, 0.29) is 16.3 Å². The number of aromatic nitrogens is 4. The Morgan fingerprint density at radius 2 is 1.30 bits per heavy atom. The van der Waals surface area contributed by atoms with E-state index in [1.54, 1.807) is 0 Å². The summed E-state index contributed by atoms with van der Waals surface area (Å²) < 4.78 is 1.52. The van der Waals surface area contributed by atoms with Crippen molar-refractivity contribution < 1.29 is 24.0 Å². The number of imide groups is 2. The second kappa shape index (κ2) is 9.44. The van der Waals surface area contributed by atoms with Gasteiger partial charge in [-0.15, -0.1) is 9.73 Å². The predicted molar refractivity (Wildman–Crippen MR) is 119 cm³/mol. The third-order valence-electron chi connectivity index (χ3n) is 4.35. The van der Waals surface area contributed by atoms with Gasteiger partial charge in [-0.05, 0) is 26.1 Å². The van der Waals surface area contributed by atoms with Gasteiger partial charge in [0, 0.05) is 19.3 Å². The number of thiocarbonyl (C=S) groups is 1. The molecule has 14 heteroatoms. The van der Waals surface area contributed by atoms with Crippen LogP contribution in [0.2, 0.25) is 0 Å². The molecule has 13 nitrogen and oxygen atoms in total. The number of amides is 6. The predicted octanol–water partition coefficient (Wildman–Crippen LogP) is -1.46. The van der Waals surface area contributed by atoms with E-state index in [9.17, 15) is 24.0 Å². The summed E-state index contributed by atoms with van der Waals surface area (Å²) in [6.07, 6.45) is 0. The Balaban J connectivity index is 0.000000176. The van der Waals surface area contributed by atoms with Crippen molar-refractivity contribution in [3.05, 3.63) is 41.0 Å². The second-order valence-electron chi connectivity index (χ2n) is 6.74. The normalized spacial score (nSPS) is 16.2. The van der Waals surface area contributed by atoms with Gasteiger partial charge in [-0.2, -0.15) is 5.10 Å². The Kier molecular flexibility index (Phi) is 7.13. The molecule has 2 aromatic rings. The van der Waals surface area contributed by atoms with Gasteiger partial charge in [-0.1, -0.05) is 19.7 Å². The van der Waals surface area contributed by atoms with Crippen molar-refractivity contribution in [3.8, 4) is 0 Å². The number of aryl methyl sites for hydroxylation is 2. The largest absolute Gasteiger partial charge is 0.333 e. The van der Waals surface area contributed by atoms with E-state index in [2.05, 4.69) is 57.8 Å². The molecule has 33 heavy (non-hydrogen) atoms. The van der Waals surface area contributed by atoms with Crippen LogP contribution in [0.4, 0.5) is 4.79 Å². The number of carbonyl (C=O) groups is 5. The smallest absolute Gasteiger partial charge is 0.299 e. The number of nitrogens with zero attached hydrogens (tertiary/aromatic N) is 6. The molecule has 2 aliphatic rings. The SMILES string of the molecule is C=C1C(=O)N(C)C(=O)N(C)C1=O.C=C1C(=O)NC(=S)NC1=O.C=c1c(C)nn2nc(C)nc12. The number of fused-ring (bicyclic) bond motifs is 1. The molecule has 0 spiro atoms. The second-order valence-corrected chi connectivity index (χ2v) is 7.15. The van der Waals surface area contributed by atoms with Crippen molar-refractivity contribution in [3.63, 3.8) is 0 Å². The molecular formula is C19H20N8O5S. The van der Waals surface area contributed by atoms with E-state index in [4.69, 9.17) is 0 Å². The highest BCUT2D eigenvalue weighted by atomic mass is 32.1. The lowest BCUT2D eigenvalue weighted by Crippen LogP contribution is -2.52. The maximum Gasteiger partial charge on any atom is 0.333 e. The molecule has 172 valence electrons. The van der Waals surface area contributed by atoms with E-state index in [0.717, 1.165) is 32.2 Å². The van der Waals surface area contributed by atoms with E-state index in [1.165, 1.54) is 18.7 Å². The molecule has 4 heterocycles. The van der Waals surface area contributed by atoms with Crippen molar-refractivity contribution in [2.75, 3.05) is 14.1 Å². The lowest BCUT2D eigenvalue weighted by atomic mass is 10.2. The average Bonchev–Trinajstić information content (AvgIpc) is 3.24. The monoisotopic (exact) mass is 472 g/mol. The Labute approximate surface area is 192 Å². The molecule has 4 rings (SSSR count). The third-order valence-corrected chi connectivity index (χ3v) is 4.55. The number of carbonyl (C=O) groups excluding carboxylic acids is 5. The molecule has 2 saturated heterocycles. The van der Waals surface area contributed by atoms with Crippen LogP contribution in [-0.4, -0.2) is 78.5 Å². The Bertz CT molecular complexity index is 1250. The first-order valence-corrected chi connectivity index (χ1v) is 9.50. The van der Waals surface area contributed by atoms with Crippen LogP contribution in [0.15, 0.2) is 24.3 Å². The minimum Gasteiger partial charge on any atom is -0.299 e. The maximum atomic E-state index is 11.1. The summed E-state index contributed by atoms with van der Waals surface area (Å²) in [5, 5.41) is 13.5. The van der Waals surface area contributed by atoms with E-state index >= 15 is 0 Å². The summed E-state index contributed by atoms with van der Waals surface area (Å²) in [7, 11) is 2.61. The van der Waals surface area contributed by atoms with E-state index in [1.807, 2.05) is 13.8 Å². The van der Waals surface area contributed by atoms with Gasteiger partial charge in [-0.25, -0.2) is 9.78 Å². The van der Waals surface area contributed by atoms with Crippen molar-refractivity contribution in [2.24, 2.45) is 0 Å². The first kappa shape index (κ1) is 24.9. The summed E-state index contributed by atoms with van der Waals surface area (Å²) in [5.41, 5.74) is 1.35. The average molecular weight is 472 g/mol. The van der Waals surface area contributed by atoms with Gasteiger partial charge in [0.05, 0.1) is 16.8 Å². The zero-order valence-electron chi connectivity index (χ0n) is 18.3. The third kappa shape index (κ3) is 5.12. The number of barbiturate groups is 1. The zero-order chi connectivity index (χ0) is 25.2. The molecular weight excluding hydrogens is 452 g/mol. The molecule has 2 N–H and O–H groups in total. The standard InChI is InChI=1S/C7H8N4.C7H8N2O3.C5H4N2O2S/c1-4-5(2)9-11-7(4)8-6(3)10-11;1-4-5(10)8(2)7(12)9(3)6(4)11;1-2-3(8)6-5(10)7-4(2)9/h1H2,2-3H3;1H2,2-3H3;1H2,(H2,6,7,8,9,10). The van der Waals surface area contributed by atoms with Crippen LogP contribution in [0.1, 0.15) is 11.5 Å². The van der Waals surface area contributed by atoms with Crippen LogP contribution >= 0.6 is 12.2 Å². The number of hydrogen-bond donors (Lipinski definition) is 2. The molecule has 0 saturated carbocycles. The zero-order valence-corrected chi connectivity index (χ0v) is 19.1. The van der Waals surface area contributed by atoms with Crippen LogP contribution in [-0.2, 0) is 19.2 Å².